The molecule has 28 heavy (non-hydrogen) atoms. The van der Waals surface area contributed by atoms with E-state index in [0.717, 1.165) is 43.5 Å². The largest absolute Gasteiger partial charge is 0.292 e. The van der Waals surface area contributed by atoms with Crippen molar-refractivity contribution in [2.45, 2.75) is 52.4 Å². The minimum atomic E-state index is -0.365. The molecule has 1 spiro atoms. The number of rotatable bonds is 4. The van der Waals surface area contributed by atoms with Gasteiger partial charge in [0, 0.05) is 30.6 Å². The van der Waals surface area contributed by atoms with Crippen LogP contribution in [0.2, 0.25) is 0 Å². The van der Waals surface area contributed by atoms with E-state index < -0.39 is 0 Å². The molecule has 2 aromatic rings. The van der Waals surface area contributed by atoms with Crippen LogP contribution < -0.4 is 4.90 Å². The summed E-state index contributed by atoms with van der Waals surface area (Å²) in [5.41, 5.74) is 1.88. The number of anilines is 1. The van der Waals surface area contributed by atoms with Crippen LogP contribution in [-0.2, 0) is 4.79 Å². The Morgan fingerprint density at radius 3 is 2.79 bits per heavy atom. The molecule has 146 valence electrons. The third-order valence-electron chi connectivity index (χ3n) is 6.13. The van der Waals surface area contributed by atoms with E-state index in [4.69, 9.17) is 0 Å². The first-order valence-electron chi connectivity index (χ1n) is 10.1. The highest BCUT2D eigenvalue weighted by Crippen LogP contribution is 2.48. The van der Waals surface area contributed by atoms with Gasteiger partial charge >= 0.3 is 0 Å². The summed E-state index contributed by atoms with van der Waals surface area (Å²) in [6, 6.07) is 7.39. The third-order valence-corrected chi connectivity index (χ3v) is 6.13. The minimum absolute atomic E-state index is 0.0788. The van der Waals surface area contributed by atoms with Crippen molar-refractivity contribution in [3.05, 3.63) is 47.5 Å². The van der Waals surface area contributed by atoms with Crippen LogP contribution in [0.1, 0.15) is 60.4 Å². The van der Waals surface area contributed by atoms with Crippen molar-refractivity contribution in [2.75, 3.05) is 11.4 Å². The number of amides is 1. The standard InChI is InChI=1S/C22H26N4O2/c1-15-5-3-7-18(24-15)19(27)13-17-6-4-9-22(14-17)10-12-26(20(22)28)21-23-11-8-16(2)25-21/h3,5,7-8,11,17H,4,6,9-10,12-14H2,1-2H3/t17-,22+/m1/s1. The van der Waals surface area contributed by atoms with Crippen molar-refractivity contribution in [2.24, 2.45) is 11.3 Å². The number of ketones is 1. The highest BCUT2D eigenvalue weighted by atomic mass is 16.2. The number of aromatic nitrogens is 3. The van der Waals surface area contributed by atoms with Gasteiger partial charge in [0.25, 0.3) is 0 Å². The van der Waals surface area contributed by atoms with Crippen molar-refractivity contribution in [1.82, 2.24) is 15.0 Å². The Morgan fingerprint density at radius 1 is 1.18 bits per heavy atom. The lowest BCUT2D eigenvalue weighted by Crippen LogP contribution is -2.39. The number of aryl methyl sites for hydroxylation is 2. The predicted octanol–water partition coefficient (Wildman–Crippen LogP) is 3.67. The molecule has 3 heterocycles. The van der Waals surface area contributed by atoms with Gasteiger partial charge < -0.3 is 0 Å². The second-order valence-corrected chi connectivity index (χ2v) is 8.24. The number of carbonyl (C=O) groups excluding carboxylic acids is 2. The number of hydrogen-bond donors (Lipinski definition) is 0. The Labute approximate surface area is 165 Å². The number of carbonyl (C=O) groups is 2. The second-order valence-electron chi connectivity index (χ2n) is 8.24. The summed E-state index contributed by atoms with van der Waals surface area (Å²) < 4.78 is 0. The lowest BCUT2D eigenvalue weighted by molar-refractivity contribution is -0.128. The van der Waals surface area contributed by atoms with Gasteiger partial charge in [0.05, 0.1) is 5.41 Å². The molecular formula is C22H26N4O2. The smallest absolute Gasteiger partial charge is 0.235 e. The summed E-state index contributed by atoms with van der Waals surface area (Å²) in [5.74, 6) is 0.939. The monoisotopic (exact) mass is 378 g/mol. The fourth-order valence-corrected chi connectivity index (χ4v) is 4.72. The van der Waals surface area contributed by atoms with Gasteiger partial charge in [-0.3, -0.25) is 19.5 Å². The van der Waals surface area contributed by atoms with E-state index in [1.165, 1.54) is 0 Å². The van der Waals surface area contributed by atoms with Gasteiger partial charge in [0.15, 0.2) is 5.78 Å². The van der Waals surface area contributed by atoms with Crippen molar-refractivity contribution in [3.63, 3.8) is 0 Å². The Balaban J connectivity index is 1.47. The molecule has 1 saturated heterocycles. The number of pyridine rings is 1. The SMILES string of the molecule is Cc1cccc(C(=O)C[C@H]2CCC[C@]3(CCN(c4nccc(C)n4)C3=O)C2)n1. The van der Waals surface area contributed by atoms with Crippen molar-refractivity contribution in [1.29, 1.82) is 0 Å². The number of hydrogen-bond acceptors (Lipinski definition) is 5. The average molecular weight is 378 g/mol. The molecule has 1 amide bonds. The molecular weight excluding hydrogens is 352 g/mol. The Hall–Kier alpha value is -2.63. The van der Waals surface area contributed by atoms with Crippen molar-refractivity contribution < 1.29 is 9.59 Å². The third kappa shape index (κ3) is 3.55. The number of Topliss-reactive ketones (excluding diaryl/α,β-unsaturated/α-hetero) is 1. The molecule has 1 aliphatic carbocycles. The van der Waals surface area contributed by atoms with Gasteiger partial charge in [-0.2, -0.15) is 0 Å². The normalized spacial score (nSPS) is 24.7. The molecule has 2 aliphatic rings. The molecule has 2 fully saturated rings. The maximum absolute atomic E-state index is 13.3. The first kappa shape index (κ1) is 18.7. The van der Waals surface area contributed by atoms with Crippen LogP contribution in [0.4, 0.5) is 5.95 Å². The van der Waals surface area contributed by atoms with Gasteiger partial charge in [0.1, 0.15) is 5.69 Å². The summed E-state index contributed by atoms with van der Waals surface area (Å²) in [4.78, 5) is 40.8. The maximum atomic E-state index is 13.3. The Kier molecular flexibility index (Phi) is 4.96. The molecule has 6 heteroatoms. The van der Waals surface area contributed by atoms with E-state index in [1.54, 1.807) is 17.2 Å². The molecule has 0 N–H and O–H groups in total. The van der Waals surface area contributed by atoms with Gasteiger partial charge in [-0.1, -0.05) is 12.5 Å². The molecule has 0 unspecified atom stereocenters. The zero-order valence-electron chi connectivity index (χ0n) is 16.5. The Bertz CT molecular complexity index is 913. The van der Waals surface area contributed by atoms with E-state index in [2.05, 4.69) is 15.0 Å². The summed E-state index contributed by atoms with van der Waals surface area (Å²) in [7, 11) is 0. The number of nitrogens with zero attached hydrogens (tertiary/aromatic N) is 4. The first-order chi connectivity index (χ1) is 13.5. The van der Waals surface area contributed by atoms with Gasteiger partial charge in [0.2, 0.25) is 11.9 Å². The zero-order chi connectivity index (χ0) is 19.7. The molecule has 0 bridgehead atoms. The molecule has 2 atom stereocenters. The van der Waals surface area contributed by atoms with E-state index >= 15 is 0 Å². The van der Waals surface area contributed by atoms with E-state index in [0.29, 0.717) is 24.6 Å². The summed E-state index contributed by atoms with van der Waals surface area (Å²) >= 11 is 0. The van der Waals surface area contributed by atoms with Crippen LogP contribution in [0.15, 0.2) is 30.5 Å². The predicted molar refractivity (Wildman–Crippen MR) is 106 cm³/mol. The first-order valence-corrected chi connectivity index (χ1v) is 10.1. The summed E-state index contributed by atoms with van der Waals surface area (Å²) in [6.07, 6.45) is 6.62. The topological polar surface area (TPSA) is 76.1 Å². The van der Waals surface area contributed by atoms with Crippen LogP contribution in [0.5, 0.6) is 0 Å². The Morgan fingerprint density at radius 2 is 2.00 bits per heavy atom. The van der Waals surface area contributed by atoms with Crippen LogP contribution in [0.3, 0.4) is 0 Å². The zero-order valence-corrected chi connectivity index (χ0v) is 16.5. The lowest BCUT2D eigenvalue weighted by atomic mass is 9.67. The van der Waals surface area contributed by atoms with Gasteiger partial charge in [-0.25, -0.2) is 9.97 Å². The van der Waals surface area contributed by atoms with E-state index in [1.807, 2.05) is 32.0 Å². The van der Waals surface area contributed by atoms with Crippen LogP contribution >= 0.6 is 0 Å². The molecule has 0 aromatic carbocycles. The summed E-state index contributed by atoms with van der Waals surface area (Å²) in [6.45, 7) is 4.46. The van der Waals surface area contributed by atoms with Crippen LogP contribution in [0.25, 0.3) is 0 Å². The maximum Gasteiger partial charge on any atom is 0.235 e. The molecule has 4 rings (SSSR count). The highest BCUT2D eigenvalue weighted by Gasteiger charge is 2.50. The minimum Gasteiger partial charge on any atom is -0.292 e. The van der Waals surface area contributed by atoms with Gasteiger partial charge in [-0.05, 0) is 63.6 Å². The van der Waals surface area contributed by atoms with Crippen LogP contribution in [-0.4, -0.2) is 33.2 Å². The lowest BCUT2D eigenvalue weighted by Gasteiger charge is -2.36. The average Bonchev–Trinajstić information content (AvgIpc) is 2.97. The fourth-order valence-electron chi connectivity index (χ4n) is 4.72. The molecule has 0 radical (unpaired) electrons. The van der Waals surface area contributed by atoms with Crippen molar-refractivity contribution in [3.8, 4) is 0 Å². The van der Waals surface area contributed by atoms with E-state index in [9.17, 15) is 9.59 Å². The highest BCUT2D eigenvalue weighted by molar-refractivity contribution is 5.99. The summed E-state index contributed by atoms with van der Waals surface area (Å²) in [5, 5.41) is 0. The quantitative estimate of drug-likeness (QED) is 0.759. The fraction of sp³-hybridized carbons (Fsp3) is 0.500. The van der Waals surface area contributed by atoms with Gasteiger partial charge in [-0.15, -0.1) is 0 Å². The van der Waals surface area contributed by atoms with E-state index in [-0.39, 0.29) is 23.0 Å². The second kappa shape index (κ2) is 7.41. The molecule has 1 aliphatic heterocycles. The van der Waals surface area contributed by atoms with Crippen LogP contribution in [0, 0.1) is 25.2 Å². The van der Waals surface area contributed by atoms with Crippen molar-refractivity contribution >= 4 is 17.6 Å². The molecule has 1 saturated carbocycles. The molecule has 6 nitrogen and oxygen atoms in total. The molecule has 2 aromatic heterocycles.